The van der Waals surface area contributed by atoms with E-state index in [9.17, 15) is 24.4 Å². The van der Waals surface area contributed by atoms with Crippen molar-refractivity contribution < 1.29 is 19.2 Å². The lowest BCUT2D eigenvalue weighted by molar-refractivity contribution is -0.137. The normalized spacial score (nSPS) is 19.6. The lowest BCUT2D eigenvalue weighted by atomic mass is 10.0. The predicted octanol–water partition coefficient (Wildman–Crippen LogP) is 0.278. The molecule has 1 saturated heterocycles. The zero-order valence-corrected chi connectivity index (χ0v) is 12.9. The molecule has 0 radical (unpaired) electrons. The highest BCUT2D eigenvalue weighted by molar-refractivity contribution is 6.10. The maximum atomic E-state index is 12.8. The van der Waals surface area contributed by atoms with Gasteiger partial charge in [-0.3, -0.25) is 24.5 Å². The van der Waals surface area contributed by atoms with Crippen molar-refractivity contribution in [2.24, 2.45) is 0 Å². The number of carbonyl (C=O) groups excluding carboxylic acids is 4. The summed E-state index contributed by atoms with van der Waals surface area (Å²) in [6, 6.07) is 4.39. The van der Waals surface area contributed by atoms with E-state index in [0.717, 1.165) is 0 Å². The highest BCUT2D eigenvalue weighted by Gasteiger charge is 2.40. The van der Waals surface area contributed by atoms with Gasteiger partial charge in [0.25, 0.3) is 5.91 Å². The van der Waals surface area contributed by atoms with E-state index in [1.165, 1.54) is 17.9 Å². The van der Waals surface area contributed by atoms with Gasteiger partial charge in [0.2, 0.25) is 17.7 Å². The molecule has 24 heavy (non-hydrogen) atoms. The quantitative estimate of drug-likeness (QED) is 0.756. The Labute approximate surface area is 137 Å². The molecule has 3 rings (SSSR count). The third-order valence-electron chi connectivity index (χ3n) is 4.11. The lowest BCUT2D eigenvalue weighted by Crippen LogP contribution is -2.52. The van der Waals surface area contributed by atoms with Crippen LogP contribution in [0.2, 0.25) is 0 Å². The first-order valence-corrected chi connectivity index (χ1v) is 7.40. The molecule has 2 aliphatic heterocycles. The number of benzene rings is 1. The summed E-state index contributed by atoms with van der Waals surface area (Å²) in [5.41, 5.74) is 1.21. The Morgan fingerprint density at radius 2 is 2.12 bits per heavy atom. The fourth-order valence-corrected chi connectivity index (χ4v) is 3.05. The minimum atomic E-state index is -0.738. The van der Waals surface area contributed by atoms with Crippen LogP contribution in [0.25, 0.3) is 0 Å². The van der Waals surface area contributed by atoms with Crippen molar-refractivity contribution in [3.8, 4) is 6.07 Å². The number of rotatable bonds is 2. The predicted molar refractivity (Wildman–Crippen MR) is 81.5 cm³/mol. The van der Waals surface area contributed by atoms with Crippen LogP contribution in [0.5, 0.6) is 0 Å². The smallest absolute Gasteiger partial charge is 0.257 e. The molecular formula is C16H14N4O4. The Balaban J connectivity index is 1.99. The molecule has 1 aromatic rings. The van der Waals surface area contributed by atoms with Gasteiger partial charge in [-0.05, 0) is 18.1 Å². The van der Waals surface area contributed by atoms with Gasteiger partial charge in [-0.2, -0.15) is 5.26 Å². The van der Waals surface area contributed by atoms with Crippen LogP contribution in [0.1, 0.15) is 41.3 Å². The fraction of sp³-hybridized carbons (Fsp3) is 0.312. The number of nitrogens with one attached hydrogen (secondary N) is 2. The number of anilines is 1. The topological polar surface area (TPSA) is 119 Å². The molecule has 0 bridgehead atoms. The summed E-state index contributed by atoms with van der Waals surface area (Å²) in [5.74, 6) is -1.69. The number of amides is 4. The van der Waals surface area contributed by atoms with Crippen LogP contribution in [0, 0.1) is 11.3 Å². The summed E-state index contributed by atoms with van der Waals surface area (Å²) in [5, 5.41) is 14.0. The molecule has 0 spiro atoms. The molecule has 0 aliphatic carbocycles. The van der Waals surface area contributed by atoms with Crippen molar-refractivity contribution in [2.75, 3.05) is 5.32 Å². The standard InChI is InChI=1S/C16H14N4O4/c1-8(21)18-14-9(6-17)2-3-10-7-20(16(24)13(10)14)11-4-5-12(22)19-15(11)23/h2-3,11H,4-5,7H2,1H3,(H,18,21)(H,19,22,23). The molecule has 1 unspecified atom stereocenters. The monoisotopic (exact) mass is 326 g/mol. The maximum absolute atomic E-state index is 12.8. The Morgan fingerprint density at radius 3 is 2.75 bits per heavy atom. The van der Waals surface area contributed by atoms with Gasteiger partial charge in [0.15, 0.2) is 0 Å². The van der Waals surface area contributed by atoms with Gasteiger partial charge in [0, 0.05) is 19.9 Å². The number of fused-ring (bicyclic) bond motifs is 1. The zero-order chi connectivity index (χ0) is 17.4. The highest BCUT2D eigenvalue weighted by Crippen LogP contribution is 2.34. The Hall–Kier alpha value is -3.21. The summed E-state index contributed by atoms with van der Waals surface area (Å²) in [7, 11) is 0. The van der Waals surface area contributed by atoms with Crippen LogP contribution in [0.3, 0.4) is 0 Å². The van der Waals surface area contributed by atoms with Crippen LogP contribution >= 0.6 is 0 Å². The molecule has 1 aromatic carbocycles. The van der Waals surface area contributed by atoms with E-state index in [-0.39, 0.29) is 42.1 Å². The second-order valence-corrected chi connectivity index (χ2v) is 5.72. The van der Waals surface area contributed by atoms with Gasteiger partial charge < -0.3 is 10.2 Å². The number of nitrogens with zero attached hydrogens (tertiary/aromatic N) is 2. The summed E-state index contributed by atoms with van der Waals surface area (Å²) in [4.78, 5) is 48.9. The molecule has 8 heteroatoms. The maximum Gasteiger partial charge on any atom is 0.257 e. The van der Waals surface area contributed by atoms with Crippen molar-refractivity contribution in [3.63, 3.8) is 0 Å². The van der Waals surface area contributed by atoms with Gasteiger partial charge >= 0.3 is 0 Å². The summed E-state index contributed by atoms with van der Waals surface area (Å²) >= 11 is 0. The number of hydrogen-bond acceptors (Lipinski definition) is 5. The van der Waals surface area contributed by atoms with Crippen molar-refractivity contribution >= 4 is 29.3 Å². The van der Waals surface area contributed by atoms with Gasteiger partial charge in [0.1, 0.15) is 12.1 Å². The molecule has 0 aromatic heterocycles. The summed E-state index contributed by atoms with van der Waals surface area (Å²) in [6.07, 6.45) is 0.420. The molecule has 1 atom stereocenters. The van der Waals surface area contributed by atoms with E-state index in [0.29, 0.717) is 5.56 Å². The lowest BCUT2D eigenvalue weighted by Gasteiger charge is -2.29. The molecule has 2 aliphatic rings. The van der Waals surface area contributed by atoms with E-state index in [2.05, 4.69) is 10.6 Å². The first kappa shape index (κ1) is 15.7. The molecule has 0 saturated carbocycles. The average Bonchev–Trinajstić information content (AvgIpc) is 2.84. The largest absolute Gasteiger partial charge is 0.324 e. The first-order valence-electron chi connectivity index (χ1n) is 7.40. The number of hydrogen-bond donors (Lipinski definition) is 2. The van der Waals surface area contributed by atoms with E-state index >= 15 is 0 Å². The SMILES string of the molecule is CC(=O)Nc1c(C#N)ccc2c1C(=O)N(C1CCC(=O)NC1=O)C2. The van der Waals surface area contributed by atoms with Gasteiger partial charge in [-0.25, -0.2) is 0 Å². The van der Waals surface area contributed by atoms with Crippen molar-refractivity contribution in [1.29, 1.82) is 5.26 Å². The van der Waals surface area contributed by atoms with Crippen LogP contribution in [-0.2, 0) is 20.9 Å². The molecular weight excluding hydrogens is 312 g/mol. The van der Waals surface area contributed by atoms with Crippen LogP contribution < -0.4 is 10.6 Å². The second kappa shape index (κ2) is 5.77. The molecule has 4 amide bonds. The van der Waals surface area contributed by atoms with E-state index in [1.807, 2.05) is 6.07 Å². The number of carbonyl (C=O) groups is 4. The summed E-state index contributed by atoms with van der Waals surface area (Å²) in [6.45, 7) is 1.48. The molecule has 8 nitrogen and oxygen atoms in total. The summed E-state index contributed by atoms with van der Waals surface area (Å²) < 4.78 is 0. The Morgan fingerprint density at radius 1 is 1.38 bits per heavy atom. The van der Waals surface area contributed by atoms with Crippen molar-refractivity contribution in [3.05, 3.63) is 28.8 Å². The molecule has 2 N–H and O–H groups in total. The Kier molecular flexibility index (Phi) is 3.77. The average molecular weight is 326 g/mol. The number of imide groups is 1. The van der Waals surface area contributed by atoms with E-state index in [4.69, 9.17) is 0 Å². The first-order chi connectivity index (χ1) is 11.4. The second-order valence-electron chi connectivity index (χ2n) is 5.72. The van der Waals surface area contributed by atoms with E-state index in [1.54, 1.807) is 6.07 Å². The van der Waals surface area contributed by atoms with E-state index < -0.39 is 23.8 Å². The molecule has 122 valence electrons. The number of piperidine rings is 1. The van der Waals surface area contributed by atoms with Crippen LogP contribution in [0.4, 0.5) is 5.69 Å². The van der Waals surface area contributed by atoms with Crippen molar-refractivity contribution in [2.45, 2.75) is 32.4 Å². The third-order valence-corrected chi connectivity index (χ3v) is 4.11. The highest BCUT2D eigenvalue weighted by atomic mass is 16.2. The van der Waals surface area contributed by atoms with Crippen molar-refractivity contribution in [1.82, 2.24) is 10.2 Å². The molecule has 2 heterocycles. The minimum Gasteiger partial charge on any atom is -0.324 e. The minimum absolute atomic E-state index is 0.165. The molecule has 1 fully saturated rings. The Bertz CT molecular complexity index is 824. The van der Waals surface area contributed by atoms with Gasteiger partial charge in [-0.15, -0.1) is 0 Å². The van der Waals surface area contributed by atoms with Gasteiger partial charge in [0.05, 0.1) is 16.8 Å². The third kappa shape index (κ3) is 2.50. The number of nitriles is 1. The fourth-order valence-electron chi connectivity index (χ4n) is 3.05. The zero-order valence-electron chi connectivity index (χ0n) is 12.9. The van der Waals surface area contributed by atoms with Crippen LogP contribution in [-0.4, -0.2) is 34.6 Å². The van der Waals surface area contributed by atoms with Gasteiger partial charge in [-0.1, -0.05) is 6.07 Å². The van der Waals surface area contributed by atoms with Crippen LogP contribution in [0.15, 0.2) is 12.1 Å².